The van der Waals surface area contributed by atoms with Crippen molar-refractivity contribution >= 4 is 28.0 Å². The minimum atomic E-state index is 0.300. The van der Waals surface area contributed by atoms with Crippen LogP contribution in [-0.4, -0.2) is 5.11 Å². The number of aromatic nitrogens is 1. The van der Waals surface area contributed by atoms with Crippen LogP contribution < -0.4 is 4.40 Å². The second-order valence-corrected chi connectivity index (χ2v) is 4.47. The first kappa shape index (κ1) is 10.4. The molecule has 2 nitrogen and oxygen atoms in total. The Bertz CT molecular complexity index is 737. The standard InChI is InChI=1S/C14H10ClNO/c1-9-12-7-2-3-8-16(12)13-10(14(9)17)5-4-6-11(13)15/h2-8H,1H3/p+1. The summed E-state index contributed by atoms with van der Waals surface area (Å²) in [6, 6.07) is 11.4. The molecule has 2 aromatic heterocycles. The van der Waals surface area contributed by atoms with E-state index in [1.165, 1.54) is 0 Å². The van der Waals surface area contributed by atoms with Crippen LogP contribution in [0, 0.1) is 6.92 Å². The maximum atomic E-state index is 10.2. The Labute approximate surface area is 104 Å². The predicted molar refractivity (Wildman–Crippen MR) is 68.5 cm³/mol. The number of hydrogen-bond donors (Lipinski definition) is 1. The van der Waals surface area contributed by atoms with Crippen molar-refractivity contribution in [3.8, 4) is 5.75 Å². The second-order valence-electron chi connectivity index (χ2n) is 4.07. The van der Waals surface area contributed by atoms with E-state index in [0.717, 1.165) is 22.0 Å². The minimum absolute atomic E-state index is 0.300. The molecule has 3 heteroatoms. The molecule has 3 aromatic rings. The third kappa shape index (κ3) is 1.38. The van der Waals surface area contributed by atoms with Gasteiger partial charge in [-0.2, -0.15) is 4.40 Å². The average Bonchev–Trinajstić information content (AvgIpc) is 2.36. The van der Waals surface area contributed by atoms with Crippen molar-refractivity contribution in [3.05, 3.63) is 53.2 Å². The van der Waals surface area contributed by atoms with Crippen molar-refractivity contribution in [3.63, 3.8) is 0 Å². The van der Waals surface area contributed by atoms with Crippen molar-refractivity contribution in [1.82, 2.24) is 0 Å². The average molecular weight is 245 g/mol. The van der Waals surface area contributed by atoms with Crippen LogP contribution in [0.1, 0.15) is 5.56 Å². The molecule has 0 spiro atoms. The summed E-state index contributed by atoms with van der Waals surface area (Å²) in [6.07, 6.45) is 1.95. The van der Waals surface area contributed by atoms with Crippen molar-refractivity contribution in [2.45, 2.75) is 6.92 Å². The van der Waals surface area contributed by atoms with Gasteiger partial charge in [0.15, 0.2) is 6.20 Å². The molecule has 0 unspecified atom stereocenters. The number of aromatic hydroxyl groups is 1. The number of pyridine rings is 2. The van der Waals surface area contributed by atoms with Gasteiger partial charge in [0, 0.05) is 12.1 Å². The van der Waals surface area contributed by atoms with Crippen LogP contribution in [-0.2, 0) is 0 Å². The van der Waals surface area contributed by atoms with Crippen molar-refractivity contribution in [1.29, 1.82) is 0 Å². The van der Waals surface area contributed by atoms with Gasteiger partial charge < -0.3 is 5.11 Å². The third-order valence-electron chi connectivity index (χ3n) is 3.08. The topological polar surface area (TPSA) is 24.3 Å². The summed E-state index contributed by atoms with van der Waals surface area (Å²) in [5, 5.41) is 11.6. The Morgan fingerprint density at radius 1 is 1.12 bits per heavy atom. The quantitative estimate of drug-likeness (QED) is 0.476. The monoisotopic (exact) mass is 244 g/mol. The van der Waals surface area contributed by atoms with E-state index in [4.69, 9.17) is 11.6 Å². The summed E-state index contributed by atoms with van der Waals surface area (Å²) in [7, 11) is 0. The van der Waals surface area contributed by atoms with Gasteiger partial charge >= 0.3 is 0 Å². The normalized spacial score (nSPS) is 11.2. The number of halogens is 1. The summed E-state index contributed by atoms with van der Waals surface area (Å²) in [6.45, 7) is 1.91. The van der Waals surface area contributed by atoms with E-state index in [1.807, 2.05) is 53.9 Å². The number of hydrogen-bond acceptors (Lipinski definition) is 1. The SMILES string of the molecule is Cc1c(O)c2cccc(Cl)c2[n+]2ccccc12. The molecule has 0 aliphatic carbocycles. The van der Waals surface area contributed by atoms with Gasteiger partial charge in [0.05, 0.1) is 10.9 Å². The highest BCUT2D eigenvalue weighted by atomic mass is 35.5. The van der Waals surface area contributed by atoms with Crippen LogP contribution >= 0.6 is 11.6 Å². The summed E-state index contributed by atoms with van der Waals surface area (Å²) < 4.78 is 2.01. The molecular formula is C14H11ClNO+. The zero-order chi connectivity index (χ0) is 12.0. The molecule has 0 aliphatic heterocycles. The lowest BCUT2D eigenvalue weighted by Gasteiger charge is -2.05. The van der Waals surface area contributed by atoms with Gasteiger partial charge in [-0.1, -0.05) is 17.7 Å². The maximum Gasteiger partial charge on any atom is 0.240 e. The molecule has 17 heavy (non-hydrogen) atoms. The molecule has 0 aliphatic rings. The van der Waals surface area contributed by atoms with Gasteiger partial charge in [0.25, 0.3) is 0 Å². The van der Waals surface area contributed by atoms with E-state index >= 15 is 0 Å². The molecule has 0 atom stereocenters. The van der Waals surface area contributed by atoms with Crippen LogP contribution in [0.3, 0.4) is 0 Å². The van der Waals surface area contributed by atoms with Crippen LogP contribution in [0.4, 0.5) is 0 Å². The molecule has 84 valence electrons. The maximum absolute atomic E-state index is 10.2. The Kier molecular flexibility index (Phi) is 2.20. The minimum Gasteiger partial charge on any atom is -0.507 e. The Balaban J connectivity index is 2.72. The van der Waals surface area contributed by atoms with Crippen molar-refractivity contribution in [2.75, 3.05) is 0 Å². The first-order valence-corrected chi connectivity index (χ1v) is 5.78. The lowest BCUT2D eigenvalue weighted by molar-refractivity contribution is -0.481. The smallest absolute Gasteiger partial charge is 0.240 e. The lowest BCUT2D eigenvalue weighted by atomic mass is 10.1. The van der Waals surface area contributed by atoms with Crippen molar-refractivity contribution < 1.29 is 9.51 Å². The molecule has 0 radical (unpaired) electrons. The Hall–Kier alpha value is -1.80. The van der Waals surface area contributed by atoms with E-state index in [1.54, 1.807) is 0 Å². The summed E-state index contributed by atoms with van der Waals surface area (Å²) in [5.41, 5.74) is 2.67. The van der Waals surface area contributed by atoms with Gasteiger partial charge in [-0.05, 0) is 25.1 Å². The van der Waals surface area contributed by atoms with Gasteiger partial charge in [-0.25, -0.2) is 0 Å². The number of para-hydroxylation sites is 1. The lowest BCUT2D eigenvalue weighted by Crippen LogP contribution is -2.23. The van der Waals surface area contributed by atoms with Gasteiger partial charge in [0.1, 0.15) is 10.8 Å². The number of nitrogens with zero attached hydrogens (tertiary/aromatic N) is 1. The van der Waals surface area contributed by atoms with Crippen molar-refractivity contribution in [2.24, 2.45) is 0 Å². The summed E-state index contributed by atoms with van der Waals surface area (Å²) in [4.78, 5) is 0. The fourth-order valence-electron chi connectivity index (χ4n) is 2.22. The molecule has 1 aromatic carbocycles. The highest BCUT2D eigenvalue weighted by Crippen LogP contribution is 2.31. The zero-order valence-corrected chi connectivity index (χ0v) is 10.1. The Morgan fingerprint density at radius 2 is 1.94 bits per heavy atom. The van der Waals surface area contributed by atoms with E-state index in [9.17, 15) is 5.11 Å². The predicted octanol–water partition coefficient (Wildman–Crippen LogP) is 3.25. The highest BCUT2D eigenvalue weighted by molar-refractivity contribution is 6.34. The largest absolute Gasteiger partial charge is 0.507 e. The number of aryl methyl sites for hydroxylation is 1. The van der Waals surface area contributed by atoms with Crippen LogP contribution in [0.2, 0.25) is 5.02 Å². The fraction of sp³-hybridized carbons (Fsp3) is 0.0714. The van der Waals surface area contributed by atoms with E-state index in [2.05, 4.69) is 0 Å². The Morgan fingerprint density at radius 3 is 2.76 bits per heavy atom. The van der Waals surface area contributed by atoms with Gasteiger partial charge in [-0.3, -0.25) is 0 Å². The van der Waals surface area contributed by atoms with Crippen LogP contribution in [0.15, 0.2) is 42.6 Å². The van der Waals surface area contributed by atoms with Crippen LogP contribution in [0.25, 0.3) is 16.4 Å². The van der Waals surface area contributed by atoms with Gasteiger partial charge in [0.2, 0.25) is 11.0 Å². The second kappa shape index (κ2) is 3.60. The fourth-order valence-corrected chi connectivity index (χ4v) is 2.48. The molecular weight excluding hydrogens is 234 g/mol. The molecule has 0 bridgehead atoms. The number of rotatable bonds is 0. The first-order valence-electron chi connectivity index (χ1n) is 5.40. The summed E-state index contributed by atoms with van der Waals surface area (Å²) >= 11 is 6.23. The van der Waals surface area contributed by atoms with E-state index in [-0.39, 0.29) is 0 Å². The highest BCUT2D eigenvalue weighted by Gasteiger charge is 2.19. The zero-order valence-electron chi connectivity index (χ0n) is 9.31. The third-order valence-corrected chi connectivity index (χ3v) is 3.39. The number of fused-ring (bicyclic) bond motifs is 3. The molecule has 0 saturated heterocycles. The molecule has 0 fully saturated rings. The molecule has 0 saturated carbocycles. The molecule has 1 N–H and O–H groups in total. The molecule has 2 heterocycles. The van der Waals surface area contributed by atoms with E-state index < -0.39 is 0 Å². The molecule has 3 rings (SSSR count). The van der Waals surface area contributed by atoms with Crippen LogP contribution in [0.5, 0.6) is 5.75 Å². The number of benzene rings is 1. The summed E-state index contributed by atoms with van der Waals surface area (Å²) in [5.74, 6) is 0.300. The molecule has 0 amide bonds. The van der Waals surface area contributed by atoms with Gasteiger partial charge in [-0.15, -0.1) is 0 Å². The van der Waals surface area contributed by atoms with E-state index in [0.29, 0.717) is 10.8 Å². The first-order chi connectivity index (χ1) is 8.20.